The number of aryl methyl sites for hydroxylation is 1. The molecule has 3 aliphatic rings. The number of carbonyl (C=O) groups is 5. The molecule has 552 valence electrons. The predicted molar refractivity (Wildman–Crippen MR) is 346 cm³/mol. The summed E-state index contributed by atoms with van der Waals surface area (Å²) >= 11 is 6.80. The largest absolute Gasteiger partial charge is 0.530 e. The number of phosphoric ester groups is 1. The summed E-state index contributed by atoms with van der Waals surface area (Å²) in [5.74, 6) is -12.5. The number of aliphatic carboxylic acids is 2. The number of amides is 3. The number of aromatic nitrogens is 5. The summed E-state index contributed by atoms with van der Waals surface area (Å²) in [5.41, 5.74) is -8.66. The van der Waals surface area contributed by atoms with Crippen molar-refractivity contribution in [2.24, 2.45) is 5.92 Å². The van der Waals surface area contributed by atoms with Crippen LogP contribution in [0.5, 0.6) is 5.75 Å². The summed E-state index contributed by atoms with van der Waals surface area (Å²) in [6.45, 7) is 9.27. The topological polar surface area (TPSA) is 315 Å². The van der Waals surface area contributed by atoms with Crippen LogP contribution >= 0.6 is 19.4 Å². The van der Waals surface area contributed by atoms with Gasteiger partial charge in [0.2, 0.25) is 27.7 Å². The van der Waals surface area contributed by atoms with Crippen LogP contribution in [0.1, 0.15) is 149 Å². The van der Waals surface area contributed by atoms with E-state index >= 15 is 17.6 Å². The number of pyridine rings is 1. The van der Waals surface area contributed by atoms with Crippen LogP contribution in [0.2, 0.25) is 5.02 Å². The molecule has 6 aromatic rings. The zero-order chi connectivity index (χ0) is 75.9. The van der Waals surface area contributed by atoms with Crippen LogP contribution in [-0.4, -0.2) is 128 Å². The molecule has 3 aromatic carbocycles. The Labute approximate surface area is 582 Å². The maximum atomic E-state index is 15.8. The van der Waals surface area contributed by atoms with Gasteiger partial charge in [-0.2, -0.15) is 45.3 Å². The van der Waals surface area contributed by atoms with Crippen LogP contribution in [-0.2, 0) is 107 Å². The van der Waals surface area contributed by atoms with Crippen molar-refractivity contribution in [3.05, 3.63) is 128 Å². The van der Waals surface area contributed by atoms with Gasteiger partial charge in [0, 0.05) is 57.7 Å². The molecule has 9 rings (SSSR count). The number of sulfone groups is 1. The quantitative estimate of drug-likeness (QED) is 0.0235. The molecule has 1 saturated carbocycles. The van der Waals surface area contributed by atoms with E-state index in [1.807, 2.05) is 4.72 Å². The summed E-state index contributed by atoms with van der Waals surface area (Å²) < 4.78 is 237. The number of alkyl halides is 8. The lowest BCUT2D eigenvalue weighted by Gasteiger charge is -2.32. The Morgan fingerprint density at radius 2 is 1.43 bits per heavy atom. The molecule has 1 aliphatic heterocycles. The van der Waals surface area contributed by atoms with Crippen molar-refractivity contribution in [3.63, 3.8) is 0 Å². The number of rotatable bonds is 25. The van der Waals surface area contributed by atoms with Crippen molar-refractivity contribution in [1.82, 2.24) is 39.5 Å². The first-order valence-corrected chi connectivity index (χ1v) is 36.7. The fraction of sp³-hybridized carbons (Fsp3) is 0.477. The maximum Gasteiger partial charge on any atom is 0.530 e. The standard InChI is InChI=1S/C65H68ClF10N8O15PS2/c1-31(2)97-100(92,98-32(3)4)99-48-20-33(5)19-35(24-51(87)84-46(59(88)89)15-16-47(84)60(90)91)54(48)61(6,7)27-49(85)81-102(95,96)29-45-53-43(66)14-13-40(56(53)83(79-45)30-63(69,70)71)39-12-11-38(17-18-62(8,9)101(10,93)94)77-55(39)44(23-34-21-36(67)25-37(68)22-34)78-50(86)28-82-58-52(57(80-82)65(74,75)76)41-26-42(41)64(58,72)73/h11-14,19-22,25,31-32,41-42,44,46-47H,15-16,23-24,26-30H2,1-10H3,(H,78,86)(H,81,85)(H,88,89)(H,90,91)/t41-,42+,44-,46-,47-/m0/s1. The van der Waals surface area contributed by atoms with Crippen molar-refractivity contribution in [3.8, 4) is 28.7 Å². The number of hydrogen-bond acceptors (Lipinski definition) is 16. The average molecular weight is 1520 g/mol. The summed E-state index contributed by atoms with van der Waals surface area (Å²) in [4.78, 5) is 73.2. The van der Waals surface area contributed by atoms with Gasteiger partial charge in [0.25, 0.3) is 5.92 Å². The van der Waals surface area contributed by atoms with E-state index in [4.69, 9.17) is 25.2 Å². The molecule has 2 fully saturated rings. The number of carboxylic acids is 2. The summed E-state index contributed by atoms with van der Waals surface area (Å²) in [7, 11) is -13.9. The summed E-state index contributed by atoms with van der Waals surface area (Å²) in [5, 5.41) is 29.0. The van der Waals surface area contributed by atoms with Crippen molar-refractivity contribution in [2.75, 3.05) is 6.26 Å². The molecule has 0 unspecified atom stereocenters. The third-order valence-corrected chi connectivity index (χ3v) is 22.3. The van der Waals surface area contributed by atoms with Gasteiger partial charge in [0.1, 0.15) is 64.4 Å². The normalized spacial score (nSPS) is 18.0. The highest BCUT2D eigenvalue weighted by Crippen LogP contribution is 2.68. The van der Waals surface area contributed by atoms with Gasteiger partial charge in [-0.05, 0) is 139 Å². The van der Waals surface area contributed by atoms with Gasteiger partial charge in [0.15, 0.2) is 15.5 Å². The molecule has 5 atom stereocenters. The molecule has 102 heavy (non-hydrogen) atoms. The minimum Gasteiger partial charge on any atom is -0.480 e. The van der Waals surface area contributed by atoms with Crippen molar-refractivity contribution >= 4 is 79.8 Å². The molecular weight excluding hydrogens is 1450 g/mol. The average Bonchev–Trinajstić information content (AvgIpc) is 1.51. The number of benzene rings is 3. The fourth-order valence-corrected chi connectivity index (χ4v) is 15.9. The van der Waals surface area contributed by atoms with E-state index in [0.29, 0.717) is 16.5 Å². The molecule has 37 heteroatoms. The Bertz CT molecular complexity index is 4710. The molecule has 4 heterocycles. The second-order valence-electron chi connectivity index (χ2n) is 26.9. The first-order chi connectivity index (χ1) is 46.9. The van der Waals surface area contributed by atoms with Crippen molar-refractivity contribution < 1.29 is 113 Å². The van der Waals surface area contributed by atoms with E-state index in [1.165, 1.54) is 74.4 Å². The minimum atomic E-state index is -5.28. The molecule has 4 N–H and O–H groups in total. The molecule has 0 radical (unpaired) electrons. The number of likely N-dealkylation sites (tertiary alicyclic amines) is 1. The Hall–Kier alpha value is -8.16. The smallest absolute Gasteiger partial charge is 0.480 e. The molecule has 3 amide bonds. The van der Waals surface area contributed by atoms with Crippen LogP contribution in [0.25, 0.3) is 22.0 Å². The lowest BCUT2D eigenvalue weighted by atomic mass is 9.77. The van der Waals surface area contributed by atoms with Gasteiger partial charge in [-0.15, -0.1) is 0 Å². The third kappa shape index (κ3) is 17.0. The van der Waals surface area contributed by atoms with Crippen LogP contribution in [0.15, 0.2) is 54.6 Å². The highest BCUT2D eigenvalue weighted by atomic mass is 35.5. The van der Waals surface area contributed by atoms with Crippen LogP contribution in [0.4, 0.5) is 43.9 Å². The number of phosphoric acid groups is 1. The highest BCUT2D eigenvalue weighted by Gasteiger charge is 2.68. The SMILES string of the molecule is Cc1cc(CC(=O)N2[C@H](C(=O)O)CC[C@H]2C(=O)O)c(C(C)(C)CC(=O)NS(=O)(=O)Cc2nn(CC(F)(F)F)c3c(-c4ccc(C#CC(C)(C)S(C)(=O)=O)nc4[C@H](Cc4cc(F)cc(F)c4)NC(=O)Cn4nc(C(F)(F)F)c5c4C(F)(F)[C@@H]4C[C@H]54)ccc(Cl)c23)c(OP(=O)(OC(C)C)OC(C)C)c1. The van der Waals surface area contributed by atoms with Gasteiger partial charge in [0.05, 0.1) is 46.6 Å². The molecule has 1 saturated heterocycles. The number of carbonyl (C=O) groups excluding carboxylic acids is 3. The van der Waals surface area contributed by atoms with E-state index in [-0.39, 0.29) is 62.3 Å². The van der Waals surface area contributed by atoms with Crippen LogP contribution in [0.3, 0.4) is 0 Å². The maximum absolute atomic E-state index is 15.8. The zero-order valence-corrected chi connectivity index (χ0v) is 59.2. The third-order valence-electron chi connectivity index (χ3n) is 17.1. The molecule has 2 aliphatic carbocycles. The summed E-state index contributed by atoms with van der Waals surface area (Å²) in [6, 6.07) is 4.12. The predicted octanol–water partition coefficient (Wildman–Crippen LogP) is 11.3. The molecule has 3 aromatic heterocycles. The lowest BCUT2D eigenvalue weighted by molar-refractivity contribution is -0.155. The molecular formula is C65H68ClF10N8O15PS2. The second kappa shape index (κ2) is 28.1. The Morgan fingerprint density at radius 1 is 0.833 bits per heavy atom. The van der Waals surface area contributed by atoms with E-state index in [2.05, 4.69) is 32.3 Å². The Morgan fingerprint density at radius 3 is 1.99 bits per heavy atom. The lowest BCUT2D eigenvalue weighted by Crippen LogP contribution is -2.48. The van der Waals surface area contributed by atoms with Gasteiger partial charge < -0.3 is 25.0 Å². The van der Waals surface area contributed by atoms with E-state index in [9.17, 15) is 81.9 Å². The van der Waals surface area contributed by atoms with Gasteiger partial charge >= 0.3 is 32.1 Å². The van der Waals surface area contributed by atoms with Crippen LogP contribution in [0, 0.1) is 36.3 Å². The van der Waals surface area contributed by atoms with Gasteiger partial charge in [-0.3, -0.25) is 37.5 Å². The van der Waals surface area contributed by atoms with Crippen molar-refractivity contribution in [1.29, 1.82) is 0 Å². The number of nitrogens with one attached hydrogen (secondary N) is 2. The van der Waals surface area contributed by atoms with Crippen LogP contribution < -0.4 is 14.6 Å². The molecule has 23 nitrogen and oxygen atoms in total. The van der Waals surface area contributed by atoms with Gasteiger partial charge in [-0.1, -0.05) is 43.5 Å². The first kappa shape index (κ1) is 78.0. The number of nitrogens with zero attached hydrogens (tertiary/aromatic N) is 6. The second-order valence-corrected chi connectivity index (χ2v) is 33.1. The van der Waals surface area contributed by atoms with Gasteiger partial charge in [-0.25, -0.2) is 44.8 Å². The number of fused-ring (bicyclic) bond motifs is 4. The monoisotopic (exact) mass is 1520 g/mol. The zero-order valence-electron chi connectivity index (χ0n) is 55.9. The Balaban J connectivity index is 1.14. The number of halogens is 11. The van der Waals surface area contributed by atoms with E-state index in [1.54, 1.807) is 0 Å². The molecule has 0 bridgehead atoms. The summed E-state index contributed by atoms with van der Waals surface area (Å²) in [6.07, 6.45) is -14.5. The number of carboxylic acid groups (broad SMARTS) is 2. The first-order valence-electron chi connectivity index (χ1n) is 31.3. The van der Waals surface area contributed by atoms with E-state index < -0.39 is 228 Å². The van der Waals surface area contributed by atoms with E-state index in [0.717, 1.165) is 42.7 Å². The highest BCUT2D eigenvalue weighted by molar-refractivity contribution is 7.92. The number of sulfonamides is 1. The fourth-order valence-electron chi connectivity index (χ4n) is 12.8. The number of hydrogen-bond donors (Lipinski definition) is 4. The Kier molecular flexibility index (Phi) is 21.5. The molecule has 0 spiro atoms. The minimum absolute atomic E-state index is 0.0551. The van der Waals surface area contributed by atoms with Crippen molar-refractivity contribution in [2.45, 2.75) is 184 Å².